The zero-order valence-corrected chi connectivity index (χ0v) is 16.4. The van der Waals surface area contributed by atoms with Crippen LogP contribution in [0.1, 0.15) is 25.0 Å². The summed E-state index contributed by atoms with van der Waals surface area (Å²) in [5.74, 6) is -0.0297. The van der Waals surface area contributed by atoms with Crippen LogP contribution in [-0.4, -0.2) is 29.9 Å². The summed E-state index contributed by atoms with van der Waals surface area (Å²) in [7, 11) is 0. The van der Waals surface area contributed by atoms with E-state index in [0.29, 0.717) is 19.3 Å². The Labute approximate surface area is 172 Å². The number of nitriles is 2. The van der Waals surface area contributed by atoms with E-state index in [9.17, 15) is 10.5 Å². The molecule has 1 aliphatic carbocycles. The fourth-order valence-corrected chi connectivity index (χ4v) is 4.37. The van der Waals surface area contributed by atoms with Gasteiger partial charge < -0.3 is 0 Å². The molecule has 1 saturated carbocycles. The Morgan fingerprint density at radius 2 is 2.13 bits per heavy atom. The van der Waals surface area contributed by atoms with Gasteiger partial charge in [-0.3, -0.25) is 14.8 Å². The molecule has 30 heavy (non-hydrogen) atoms. The van der Waals surface area contributed by atoms with E-state index in [4.69, 9.17) is 10.1 Å². The van der Waals surface area contributed by atoms with Gasteiger partial charge in [0, 0.05) is 29.0 Å². The number of pyridine rings is 2. The first kappa shape index (κ1) is 18.0. The SMILES string of the molecule is Cc1cc(-c2nc(-c3cn[nH]c3)cc3ncccc23)nn1[C@]1(CC#N)C[C@@H](C#N)C1. The summed E-state index contributed by atoms with van der Waals surface area (Å²) in [5, 5.41) is 31.3. The van der Waals surface area contributed by atoms with Crippen molar-refractivity contribution in [3.8, 4) is 34.8 Å². The molecule has 1 aliphatic rings. The second-order valence-electron chi connectivity index (χ2n) is 7.79. The highest BCUT2D eigenvalue weighted by molar-refractivity contribution is 5.93. The fourth-order valence-electron chi connectivity index (χ4n) is 4.37. The fraction of sp³-hybridized carbons (Fsp3) is 0.273. The maximum Gasteiger partial charge on any atom is 0.112 e. The zero-order chi connectivity index (χ0) is 20.7. The number of hydrogen-bond acceptors (Lipinski definition) is 6. The maximum atomic E-state index is 9.38. The second kappa shape index (κ2) is 6.78. The quantitative estimate of drug-likeness (QED) is 0.563. The topological polar surface area (TPSA) is 120 Å². The zero-order valence-electron chi connectivity index (χ0n) is 16.4. The van der Waals surface area contributed by atoms with Gasteiger partial charge in [-0.25, -0.2) is 4.98 Å². The summed E-state index contributed by atoms with van der Waals surface area (Å²) < 4.78 is 1.92. The number of H-pyrrole nitrogens is 1. The summed E-state index contributed by atoms with van der Waals surface area (Å²) in [6.45, 7) is 1.98. The number of nitrogens with zero attached hydrogens (tertiary/aromatic N) is 7. The summed E-state index contributed by atoms with van der Waals surface area (Å²) in [5.41, 5.74) is 4.45. The highest BCUT2D eigenvalue weighted by Crippen LogP contribution is 2.47. The molecule has 0 spiro atoms. The lowest BCUT2D eigenvalue weighted by Gasteiger charge is -2.44. The molecule has 0 saturated heterocycles. The van der Waals surface area contributed by atoms with Crippen molar-refractivity contribution >= 4 is 10.9 Å². The van der Waals surface area contributed by atoms with Crippen molar-refractivity contribution in [3.05, 3.63) is 48.5 Å². The standard InChI is InChI=1S/C22H18N8/c1-14-7-20(29-30(14)22(4-5-23)9-15(10-22)11-24)21-17-3-2-6-25-19(17)8-18(28-21)16-12-26-27-13-16/h2-3,6-8,12-13,15H,4,9-10H2,1H3,(H,26,27)/t15-,22-. The summed E-state index contributed by atoms with van der Waals surface area (Å²) in [4.78, 5) is 9.39. The molecule has 0 aliphatic heterocycles. The van der Waals surface area contributed by atoms with Crippen LogP contribution in [0, 0.1) is 35.5 Å². The molecule has 4 aromatic heterocycles. The average molecular weight is 394 g/mol. The molecular formula is C22H18N8. The molecule has 4 aromatic rings. The third kappa shape index (κ3) is 2.73. The van der Waals surface area contributed by atoms with E-state index >= 15 is 0 Å². The Morgan fingerprint density at radius 1 is 1.27 bits per heavy atom. The van der Waals surface area contributed by atoms with Crippen molar-refractivity contribution in [3.63, 3.8) is 0 Å². The van der Waals surface area contributed by atoms with Gasteiger partial charge in [-0.15, -0.1) is 0 Å². The van der Waals surface area contributed by atoms with Gasteiger partial charge in [-0.1, -0.05) is 0 Å². The van der Waals surface area contributed by atoms with E-state index in [0.717, 1.165) is 39.2 Å². The molecule has 1 fully saturated rings. The van der Waals surface area contributed by atoms with Crippen LogP contribution in [0.2, 0.25) is 0 Å². The van der Waals surface area contributed by atoms with Gasteiger partial charge in [0.1, 0.15) is 11.4 Å². The third-order valence-corrected chi connectivity index (χ3v) is 5.82. The van der Waals surface area contributed by atoms with Crippen LogP contribution in [0.15, 0.2) is 42.9 Å². The van der Waals surface area contributed by atoms with Crippen molar-refractivity contribution < 1.29 is 0 Å². The smallest absolute Gasteiger partial charge is 0.112 e. The molecule has 0 bridgehead atoms. The largest absolute Gasteiger partial charge is 0.285 e. The van der Waals surface area contributed by atoms with Crippen molar-refractivity contribution in [1.29, 1.82) is 10.5 Å². The van der Waals surface area contributed by atoms with Crippen molar-refractivity contribution in [2.24, 2.45) is 5.92 Å². The summed E-state index contributed by atoms with van der Waals surface area (Å²) in [6, 6.07) is 12.4. The molecule has 146 valence electrons. The Balaban J connectivity index is 1.66. The number of aromatic amines is 1. The Morgan fingerprint density at radius 3 is 2.87 bits per heavy atom. The molecule has 0 unspecified atom stereocenters. The van der Waals surface area contributed by atoms with Crippen LogP contribution in [-0.2, 0) is 5.54 Å². The number of nitrogens with one attached hydrogen (secondary N) is 1. The van der Waals surface area contributed by atoms with E-state index in [1.165, 1.54) is 0 Å². The Hall–Kier alpha value is -4.04. The molecule has 5 rings (SSSR count). The number of aromatic nitrogens is 6. The predicted molar refractivity (Wildman–Crippen MR) is 110 cm³/mol. The lowest BCUT2D eigenvalue weighted by Crippen LogP contribution is -2.46. The Kier molecular flexibility index (Phi) is 4.07. The van der Waals surface area contributed by atoms with Crippen molar-refractivity contribution in [2.45, 2.75) is 31.7 Å². The number of hydrogen-bond donors (Lipinski definition) is 1. The summed E-state index contributed by atoms with van der Waals surface area (Å²) >= 11 is 0. The minimum absolute atomic E-state index is 0.0297. The Bertz CT molecular complexity index is 1310. The minimum atomic E-state index is -0.423. The molecule has 1 N–H and O–H groups in total. The third-order valence-electron chi connectivity index (χ3n) is 5.82. The number of aryl methyl sites for hydroxylation is 1. The van der Waals surface area contributed by atoms with Crippen LogP contribution < -0.4 is 0 Å². The van der Waals surface area contributed by atoms with E-state index in [2.05, 4.69) is 27.3 Å². The predicted octanol–water partition coefficient (Wildman–Crippen LogP) is 3.73. The van der Waals surface area contributed by atoms with E-state index in [1.807, 2.05) is 35.9 Å². The maximum absolute atomic E-state index is 9.38. The number of rotatable bonds is 4. The molecule has 4 heterocycles. The molecule has 8 nitrogen and oxygen atoms in total. The average Bonchev–Trinajstić information content (AvgIpc) is 3.40. The highest BCUT2D eigenvalue weighted by Gasteiger charge is 2.47. The lowest BCUT2D eigenvalue weighted by molar-refractivity contribution is 0.0859. The van der Waals surface area contributed by atoms with Gasteiger partial charge >= 0.3 is 0 Å². The number of fused-ring (bicyclic) bond motifs is 1. The molecule has 0 aromatic carbocycles. The normalized spacial score (nSPS) is 20.4. The van der Waals surface area contributed by atoms with Gasteiger partial charge in [-0.05, 0) is 44.0 Å². The van der Waals surface area contributed by atoms with Crippen molar-refractivity contribution in [1.82, 2.24) is 29.9 Å². The molecule has 0 amide bonds. The lowest BCUT2D eigenvalue weighted by atomic mass is 9.67. The molecule has 0 atom stereocenters. The van der Waals surface area contributed by atoms with Gasteiger partial charge in [0.2, 0.25) is 0 Å². The minimum Gasteiger partial charge on any atom is -0.285 e. The van der Waals surface area contributed by atoms with Gasteiger partial charge in [0.15, 0.2) is 0 Å². The van der Waals surface area contributed by atoms with Crippen molar-refractivity contribution in [2.75, 3.05) is 0 Å². The first-order chi connectivity index (χ1) is 14.6. The first-order valence-electron chi connectivity index (χ1n) is 9.72. The highest BCUT2D eigenvalue weighted by atomic mass is 15.3. The van der Waals surface area contributed by atoms with Gasteiger partial charge in [0.25, 0.3) is 0 Å². The van der Waals surface area contributed by atoms with Crippen LogP contribution in [0.3, 0.4) is 0 Å². The monoisotopic (exact) mass is 394 g/mol. The van der Waals surface area contributed by atoms with Crippen LogP contribution in [0.25, 0.3) is 33.5 Å². The molecule has 8 heteroatoms. The molecule has 0 radical (unpaired) electrons. The summed E-state index contributed by atoms with van der Waals surface area (Å²) in [6.07, 6.45) is 6.89. The second-order valence-corrected chi connectivity index (χ2v) is 7.79. The van der Waals surface area contributed by atoms with Gasteiger partial charge in [0.05, 0.1) is 47.4 Å². The van der Waals surface area contributed by atoms with E-state index in [1.54, 1.807) is 18.6 Å². The first-order valence-corrected chi connectivity index (χ1v) is 9.72. The van der Waals surface area contributed by atoms with Crippen LogP contribution in [0.5, 0.6) is 0 Å². The van der Waals surface area contributed by atoms with Crippen LogP contribution in [0.4, 0.5) is 0 Å². The van der Waals surface area contributed by atoms with E-state index < -0.39 is 5.54 Å². The van der Waals surface area contributed by atoms with Gasteiger partial charge in [-0.2, -0.15) is 20.7 Å². The molecular weight excluding hydrogens is 376 g/mol. The van der Waals surface area contributed by atoms with E-state index in [-0.39, 0.29) is 5.92 Å². The van der Waals surface area contributed by atoms with Crippen LogP contribution >= 0.6 is 0 Å².